The second-order valence-corrected chi connectivity index (χ2v) is 9.54. The normalized spacial score (nSPS) is 14.0. The standard InChI is InChI=1S/C26H25F2N7OS/c1-3-23(36)29-17-4-6-18(27)21(15-17)31-25-24-20(8-13-37-24)32-26(33-25)30-16-5-7-22(19(28)14-16)35-11-9-34(2)10-12-35/h3-8,13-15H,1,9-12H2,2H3,(H,29,36)(H2,30,31,32,33). The first-order chi connectivity index (χ1) is 17.9. The van der Waals surface area contributed by atoms with Crippen LogP contribution in [0.5, 0.6) is 0 Å². The van der Waals surface area contributed by atoms with Gasteiger partial charge in [0.05, 0.1) is 21.6 Å². The number of carbonyl (C=O) groups excluding carboxylic acids is 1. The molecule has 0 radical (unpaired) electrons. The molecule has 8 nitrogen and oxygen atoms in total. The van der Waals surface area contributed by atoms with Crippen LogP contribution in [0.4, 0.5) is 43.3 Å². The van der Waals surface area contributed by atoms with Crippen LogP contribution in [0.25, 0.3) is 10.2 Å². The van der Waals surface area contributed by atoms with Crippen LogP contribution >= 0.6 is 11.3 Å². The SMILES string of the molecule is C=CC(=O)Nc1ccc(F)c(Nc2nc(Nc3ccc(N4CCN(C)CC4)c(F)c3)nc3ccsc23)c1. The molecule has 4 aromatic rings. The molecule has 0 bridgehead atoms. The number of benzene rings is 2. The van der Waals surface area contributed by atoms with Gasteiger partial charge in [0, 0.05) is 37.6 Å². The number of hydrogen-bond donors (Lipinski definition) is 3. The molecule has 11 heteroatoms. The van der Waals surface area contributed by atoms with Crippen molar-refractivity contribution in [3.05, 3.63) is 72.1 Å². The van der Waals surface area contributed by atoms with Gasteiger partial charge in [-0.15, -0.1) is 11.3 Å². The van der Waals surface area contributed by atoms with Crippen LogP contribution in [0.15, 0.2) is 60.5 Å². The highest BCUT2D eigenvalue weighted by Crippen LogP contribution is 2.32. The van der Waals surface area contributed by atoms with Gasteiger partial charge in [0.2, 0.25) is 11.9 Å². The Morgan fingerprint density at radius 2 is 1.78 bits per heavy atom. The van der Waals surface area contributed by atoms with E-state index in [9.17, 15) is 13.6 Å². The van der Waals surface area contributed by atoms with Crippen LogP contribution in [-0.4, -0.2) is 54.0 Å². The Labute approximate surface area is 216 Å². The van der Waals surface area contributed by atoms with E-state index in [1.54, 1.807) is 12.1 Å². The highest BCUT2D eigenvalue weighted by Gasteiger charge is 2.18. The second-order valence-electron chi connectivity index (χ2n) is 8.63. The number of nitrogens with zero attached hydrogens (tertiary/aromatic N) is 4. The third kappa shape index (κ3) is 5.52. The first-order valence-corrected chi connectivity index (χ1v) is 12.5. The molecule has 190 valence electrons. The minimum absolute atomic E-state index is 0.129. The summed E-state index contributed by atoms with van der Waals surface area (Å²) in [6, 6.07) is 11.0. The lowest BCUT2D eigenvalue weighted by molar-refractivity contribution is -0.111. The third-order valence-corrected chi connectivity index (χ3v) is 6.93. The molecule has 1 fully saturated rings. The highest BCUT2D eigenvalue weighted by molar-refractivity contribution is 7.17. The van der Waals surface area contributed by atoms with Gasteiger partial charge in [-0.3, -0.25) is 4.79 Å². The number of likely N-dealkylation sites (N-methyl/N-ethyl adjacent to an activating group) is 1. The Morgan fingerprint density at radius 3 is 2.54 bits per heavy atom. The number of anilines is 6. The van der Waals surface area contributed by atoms with Gasteiger partial charge in [-0.25, -0.2) is 13.8 Å². The number of rotatable bonds is 7. The molecule has 0 saturated carbocycles. The first kappa shape index (κ1) is 24.6. The van der Waals surface area contributed by atoms with Crippen molar-refractivity contribution in [3.63, 3.8) is 0 Å². The topological polar surface area (TPSA) is 85.4 Å². The molecule has 5 rings (SSSR count). The average molecular weight is 522 g/mol. The van der Waals surface area contributed by atoms with Crippen molar-refractivity contribution in [2.24, 2.45) is 0 Å². The zero-order chi connectivity index (χ0) is 25.9. The van der Waals surface area contributed by atoms with Crippen molar-refractivity contribution in [1.29, 1.82) is 0 Å². The Morgan fingerprint density at radius 1 is 1.00 bits per heavy atom. The number of halogens is 2. The number of amides is 1. The molecule has 3 N–H and O–H groups in total. The summed E-state index contributed by atoms with van der Waals surface area (Å²) in [5, 5.41) is 10.5. The molecular formula is C26H25F2N7OS. The molecule has 0 atom stereocenters. The van der Waals surface area contributed by atoms with E-state index in [0.717, 1.165) is 37.0 Å². The van der Waals surface area contributed by atoms with E-state index in [2.05, 4.69) is 44.4 Å². The second kappa shape index (κ2) is 10.5. The largest absolute Gasteiger partial charge is 0.367 e. The van der Waals surface area contributed by atoms with E-state index < -0.39 is 11.7 Å². The van der Waals surface area contributed by atoms with E-state index in [0.29, 0.717) is 28.4 Å². The molecule has 37 heavy (non-hydrogen) atoms. The Hall–Kier alpha value is -4.09. The summed E-state index contributed by atoms with van der Waals surface area (Å²) < 4.78 is 30.3. The lowest BCUT2D eigenvalue weighted by Crippen LogP contribution is -2.44. The molecule has 1 saturated heterocycles. The molecule has 0 unspecified atom stereocenters. The summed E-state index contributed by atoms with van der Waals surface area (Å²) in [5.41, 5.74) is 2.24. The number of aromatic nitrogens is 2. The Bertz CT molecular complexity index is 1470. The summed E-state index contributed by atoms with van der Waals surface area (Å²) in [4.78, 5) is 24.9. The van der Waals surface area contributed by atoms with E-state index in [1.807, 2.05) is 16.3 Å². The number of nitrogens with one attached hydrogen (secondary N) is 3. The summed E-state index contributed by atoms with van der Waals surface area (Å²) in [6.07, 6.45) is 1.13. The maximum atomic E-state index is 15.0. The van der Waals surface area contributed by atoms with Gasteiger partial charge >= 0.3 is 0 Å². The fraction of sp³-hybridized carbons (Fsp3) is 0.192. The first-order valence-electron chi connectivity index (χ1n) is 11.6. The molecule has 0 aliphatic carbocycles. The minimum Gasteiger partial charge on any atom is -0.367 e. The fourth-order valence-corrected chi connectivity index (χ4v) is 4.82. The zero-order valence-electron chi connectivity index (χ0n) is 20.1. The summed E-state index contributed by atoms with van der Waals surface area (Å²) in [7, 11) is 2.06. The lowest BCUT2D eigenvalue weighted by atomic mass is 10.2. The molecule has 1 amide bonds. The summed E-state index contributed by atoms with van der Waals surface area (Å²) in [5.74, 6) is -0.640. The quantitative estimate of drug-likeness (QED) is 0.283. The smallest absolute Gasteiger partial charge is 0.247 e. The number of thiophene rings is 1. The van der Waals surface area contributed by atoms with Crippen molar-refractivity contribution in [1.82, 2.24) is 14.9 Å². The van der Waals surface area contributed by atoms with E-state index in [1.165, 1.54) is 35.6 Å². The van der Waals surface area contributed by atoms with E-state index >= 15 is 0 Å². The Kier molecular flexibility index (Phi) is 6.97. The van der Waals surface area contributed by atoms with Crippen molar-refractivity contribution in [2.45, 2.75) is 0 Å². The van der Waals surface area contributed by atoms with E-state index in [4.69, 9.17) is 0 Å². The van der Waals surface area contributed by atoms with Gasteiger partial charge < -0.3 is 25.8 Å². The van der Waals surface area contributed by atoms with Crippen LogP contribution in [0, 0.1) is 11.6 Å². The van der Waals surface area contributed by atoms with Gasteiger partial charge in [-0.2, -0.15) is 4.98 Å². The predicted octanol–water partition coefficient (Wildman–Crippen LogP) is 5.33. The summed E-state index contributed by atoms with van der Waals surface area (Å²) >= 11 is 1.40. The predicted molar refractivity (Wildman–Crippen MR) is 145 cm³/mol. The molecule has 0 spiro atoms. The average Bonchev–Trinajstić information content (AvgIpc) is 3.36. The maximum Gasteiger partial charge on any atom is 0.247 e. The molecule has 1 aliphatic heterocycles. The molecular weight excluding hydrogens is 496 g/mol. The van der Waals surface area contributed by atoms with Crippen LogP contribution in [0.2, 0.25) is 0 Å². The number of hydrogen-bond acceptors (Lipinski definition) is 8. The van der Waals surface area contributed by atoms with Crippen molar-refractivity contribution >= 4 is 62.0 Å². The highest BCUT2D eigenvalue weighted by atomic mass is 32.1. The van der Waals surface area contributed by atoms with Crippen LogP contribution in [-0.2, 0) is 4.79 Å². The third-order valence-electron chi connectivity index (χ3n) is 6.02. The maximum absolute atomic E-state index is 15.0. The zero-order valence-corrected chi connectivity index (χ0v) is 20.9. The molecule has 1 aliphatic rings. The van der Waals surface area contributed by atoms with Gasteiger partial charge in [0.1, 0.15) is 11.6 Å². The number of carbonyl (C=O) groups is 1. The molecule has 2 aromatic carbocycles. The van der Waals surface area contributed by atoms with Crippen molar-refractivity contribution in [3.8, 4) is 0 Å². The molecule has 3 heterocycles. The van der Waals surface area contributed by atoms with Gasteiger partial charge in [-0.05, 0) is 61.0 Å². The van der Waals surface area contributed by atoms with Crippen molar-refractivity contribution in [2.75, 3.05) is 54.1 Å². The Balaban J connectivity index is 1.40. The minimum atomic E-state index is -0.518. The lowest BCUT2D eigenvalue weighted by Gasteiger charge is -2.34. The van der Waals surface area contributed by atoms with Gasteiger partial charge in [0.25, 0.3) is 0 Å². The number of piperazine rings is 1. The van der Waals surface area contributed by atoms with E-state index in [-0.39, 0.29) is 17.5 Å². The monoisotopic (exact) mass is 521 g/mol. The van der Waals surface area contributed by atoms with Gasteiger partial charge in [-0.1, -0.05) is 6.58 Å². The van der Waals surface area contributed by atoms with Crippen LogP contribution < -0.4 is 20.9 Å². The summed E-state index contributed by atoms with van der Waals surface area (Å²) in [6.45, 7) is 6.72. The van der Waals surface area contributed by atoms with Crippen LogP contribution in [0.3, 0.4) is 0 Å². The number of fused-ring (bicyclic) bond motifs is 1. The molecule has 2 aromatic heterocycles. The fourth-order valence-electron chi connectivity index (χ4n) is 4.04. The van der Waals surface area contributed by atoms with Gasteiger partial charge in [0.15, 0.2) is 5.82 Å². The van der Waals surface area contributed by atoms with Crippen LogP contribution in [0.1, 0.15) is 0 Å². The van der Waals surface area contributed by atoms with Crippen molar-refractivity contribution < 1.29 is 13.6 Å².